The third kappa shape index (κ3) is 3.21. The van der Waals surface area contributed by atoms with Crippen LogP contribution in [0.15, 0.2) is 6.33 Å². The molecule has 0 aromatic carbocycles. The van der Waals surface area contributed by atoms with Crippen LogP contribution in [0.5, 0.6) is 0 Å². The Labute approximate surface area is 163 Å². The number of anilines is 1. The zero-order valence-corrected chi connectivity index (χ0v) is 16.5. The maximum Gasteiger partial charge on any atom is 0.225 e. The number of aryl methyl sites for hydroxylation is 2. The van der Waals surface area contributed by atoms with E-state index in [1.54, 1.807) is 6.33 Å². The molecule has 2 aliphatic heterocycles. The number of thiophene rings is 1. The molecule has 0 radical (unpaired) electrons. The van der Waals surface area contributed by atoms with E-state index in [0.29, 0.717) is 19.1 Å². The smallest absolute Gasteiger partial charge is 0.225 e. The van der Waals surface area contributed by atoms with E-state index in [1.807, 2.05) is 16.2 Å². The summed E-state index contributed by atoms with van der Waals surface area (Å²) in [7, 11) is 0. The van der Waals surface area contributed by atoms with Gasteiger partial charge in [0.25, 0.3) is 0 Å². The highest BCUT2D eigenvalue weighted by Gasteiger charge is 2.31. The molecule has 0 spiro atoms. The lowest BCUT2D eigenvalue weighted by atomic mass is 9.94. The first kappa shape index (κ1) is 17.4. The Balaban J connectivity index is 1.34. The van der Waals surface area contributed by atoms with E-state index >= 15 is 0 Å². The van der Waals surface area contributed by atoms with Gasteiger partial charge in [0.05, 0.1) is 18.6 Å². The zero-order chi connectivity index (χ0) is 18.2. The van der Waals surface area contributed by atoms with Crippen LogP contribution in [-0.4, -0.2) is 60.2 Å². The fourth-order valence-corrected chi connectivity index (χ4v) is 5.92. The van der Waals surface area contributed by atoms with E-state index in [2.05, 4.69) is 14.9 Å². The summed E-state index contributed by atoms with van der Waals surface area (Å²) in [5.41, 5.74) is 1.49. The highest BCUT2D eigenvalue weighted by Crippen LogP contribution is 2.40. The minimum Gasteiger partial charge on any atom is -0.378 e. The molecule has 0 bridgehead atoms. The molecule has 1 aliphatic carbocycles. The van der Waals surface area contributed by atoms with Gasteiger partial charge in [0.15, 0.2) is 0 Å². The Hall–Kier alpha value is -1.73. The van der Waals surface area contributed by atoms with Crippen LogP contribution in [0.2, 0.25) is 0 Å². The summed E-state index contributed by atoms with van der Waals surface area (Å²) in [6.45, 7) is 4.63. The third-order valence-electron chi connectivity index (χ3n) is 6.20. The summed E-state index contributed by atoms with van der Waals surface area (Å²) in [5.74, 6) is 1.56. The lowest BCUT2D eigenvalue weighted by Gasteiger charge is -2.36. The van der Waals surface area contributed by atoms with Crippen molar-refractivity contribution >= 4 is 33.3 Å². The van der Waals surface area contributed by atoms with Gasteiger partial charge in [-0.1, -0.05) is 0 Å². The molecular weight excluding hydrogens is 360 g/mol. The Bertz CT molecular complexity index is 838. The molecule has 5 rings (SSSR count). The fourth-order valence-electron chi connectivity index (χ4n) is 4.69. The number of piperidine rings is 1. The minimum atomic E-state index is 0.146. The molecule has 2 saturated heterocycles. The van der Waals surface area contributed by atoms with Crippen molar-refractivity contribution in [3.05, 3.63) is 16.8 Å². The van der Waals surface area contributed by atoms with Gasteiger partial charge in [0.1, 0.15) is 17.0 Å². The SMILES string of the molecule is O=C(C1CCN(c2ncnc3sc4c(c23)CCCC4)CC1)N1CCOCC1. The Morgan fingerprint density at radius 3 is 2.67 bits per heavy atom. The van der Waals surface area contributed by atoms with E-state index in [-0.39, 0.29) is 5.92 Å². The fraction of sp³-hybridized carbons (Fsp3) is 0.650. The summed E-state index contributed by atoms with van der Waals surface area (Å²) in [6, 6.07) is 0. The molecule has 0 unspecified atom stereocenters. The molecule has 6 nitrogen and oxygen atoms in total. The number of hydrogen-bond acceptors (Lipinski definition) is 6. The van der Waals surface area contributed by atoms with Gasteiger partial charge in [-0.15, -0.1) is 11.3 Å². The van der Waals surface area contributed by atoms with Gasteiger partial charge in [-0.3, -0.25) is 4.79 Å². The monoisotopic (exact) mass is 386 g/mol. The van der Waals surface area contributed by atoms with Gasteiger partial charge >= 0.3 is 0 Å². The molecule has 2 aromatic heterocycles. The highest BCUT2D eigenvalue weighted by atomic mass is 32.1. The normalized spacial score (nSPS) is 21.5. The quantitative estimate of drug-likeness (QED) is 0.794. The van der Waals surface area contributed by atoms with E-state index < -0.39 is 0 Å². The van der Waals surface area contributed by atoms with Crippen molar-refractivity contribution in [2.75, 3.05) is 44.3 Å². The summed E-state index contributed by atoms with van der Waals surface area (Å²) >= 11 is 1.85. The first-order chi connectivity index (χ1) is 13.3. The van der Waals surface area contributed by atoms with Crippen molar-refractivity contribution in [1.29, 1.82) is 0 Å². The molecule has 1 amide bonds. The number of ether oxygens (including phenoxy) is 1. The van der Waals surface area contributed by atoms with Crippen LogP contribution >= 0.6 is 11.3 Å². The van der Waals surface area contributed by atoms with Crippen molar-refractivity contribution in [2.45, 2.75) is 38.5 Å². The maximum absolute atomic E-state index is 12.8. The maximum atomic E-state index is 12.8. The van der Waals surface area contributed by atoms with Crippen molar-refractivity contribution in [3.63, 3.8) is 0 Å². The molecule has 2 aromatic rings. The van der Waals surface area contributed by atoms with E-state index in [4.69, 9.17) is 4.74 Å². The van der Waals surface area contributed by atoms with Gasteiger partial charge in [-0.25, -0.2) is 9.97 Å². The first-order valence-corrected chi connectivity index (χ1v) is 11.0. The van der Waals surface area contributed by atoms with Gasteiger partial charge in [0.2, 0.25) is 5.91 Å². The second-order valence-corrected chi connectivity index (χ2v) is 8.87. The average Bonchev–Trinajstić information content (AvgIpc) is 3.13. The number of rotatable bonds is 2. The first-order valence-electron chi connectivity index (χ1n) is 10.2. The zero-order valence-electron chi connectivity index (χ0n) is 15.7. The highest BCUT2D eigenvalue weighted by molar-refractivity contribution is 7.19. The number of carbonyl (C=O) groups excluding carboxylic acids is 1. The van der Waals surface area contributed by atoms with Crippen LogP contribution < -0.4 is 4.90 Å². The Morgan fingerprint density at radius 1 is 1.07 bits per heavy atom. The van der Waals surface area contributed by atoms with E-state index in [9.17, 15) is 4.79 Å². The summed E-state index contributed by atoms with van der Waals surface area (Å²) in [6.07, 6.45) is 8.43. The molecule has 0 saturated carbocycles. The summed E-state index contributed by atoms with van der Waals surface area (Å²) in [5, 5.41) is 1.29. The minimum absolute atomic E-state index is 0.146. The molecule has 3 aliphatic rings. The van der Waals surface area contributed by atoms with Crippen LogP contribution in [0.25, 0.3) is 10.2 Å². The number of hydrogen-bond donors (Lipinski definition) is 0. The van der Waals surface area contributed by atoms with Gasteiger partial charge < -0.3 is 14.5 Å². The number of nitrogens with zero attached hydrogens (tertiary/aromatic N) is 4. The van der Waals surface area contributed by atoms with Gasteiger partial charge in [-0.2, -0.15) is 0 Å². The van der Waals surface area contributed by atoms with Crippen LogP contribution in [0.3, 0.4) is 0 Å². The molecular formula is C20H26N4O2S. The van der Waals surface area contributed by atoms with Crippen LogP contribution in [0.4, 0.5) is 5.82 Å². The molecule has 0 N–H and O–H groups in total. The topological polar surface area (TPSA) is 58.6 Å². The molecule has 27 heavy (non-hydrogen) atoms. The largest absolute Gasteiger partial charge is 0.378 e. The Kier molecular flexibility index (Phi) is 4.73. The van der Waals surface area contributed by atoms with Crippen molar-refractivity contribution in [1.82, 2.24) is 14.9 Å². The standard InChI is InChI=1S/C20H26N4O2S/c25-20(24-9-11-26-12-10-24)14-5-7-23(8-6-14)18-17-15-3-1-2-4-16(15)27-19(17)22-13-21-18/h13-14H,1-12H2. The lowest BCUT2D eigenvalue weighted by Crippen LogP contribution is -2.47. The lowest BCUT2D eigenvalue weighted by molar-refractivity contribution is -0.140. The predicted molar refractivity (Wildman–Crippen MR) is 106 cm³/mol. The molecule has 7 heteroatoms. The molecule has 2 fully saturated rings. The van der Waals surface area contributed by atoms with Crippen molar-refractivity contribution in [2.24, 2.45) is 5.92 Å². The van der Waals surface area contributed by atoms with Crippen LogP contribution in [0, 0.1) is 5.92 Å². The molecule has 0 atom stereocenters. The number of fused-ring (bicyclic) bond motifs is 3. The van der Waals surface area contributed by atoms with Crippen molar-refractivity contribution < 1.29 is 9.53 Å². The summed E-state index contributed by atoms with van der Waals surface area (Å²) in [4.78, 5) is 29.0. The number of amides is 1. The van der Waals surface area contributed by atoms with E-state index in [0.717, 1.165) is 56.1 Å². The molecule has 144 valence electrons. The summed E-state index contributed by atoms with van der Waals surface area (Å²) < 4.78 is 5.38. The second-order valence-electron chi connectivity index (χ2n) is 7.79. The number of aromatic nitrogens is 2. The number of carbonyl (C=O) groups is 1. The predicted octanol–water partition coefficient (Wildman–Crippen LogP) is 2.65. The average molecular weight is 387 g/mol. The van der Waals surface area contributed by atoms with E-state index in [1.165, 1.54) is 35.1 Å². The third-order valence-corrected chi connectivity index (χ3v) is 7.40. The van der Waals surface area contributed by atoms with Crippen molar-refractivity contribution in [3.8, 4) is 0 Å². The van der Waals surface area contributed by atoms with Gasteiger partial charge in [0, 0.05) is 37.0 Å². The van der Waals surface area contributed by atoms with Crippen LogP contribution in [-0.2, 0) is 22.4 Å². The van der Waals surface area contributed by atoms with Gasteiger partial charge in [-0.05, 0) is 44.1 Å². The number of morpholine rings is 1. The van der Waals surface area contributed by atoms with Crippen LogP contribution in [0.1, 0.15) is 36.1 Å². The molecule has 4 heterocycles. The second kappa shape index (κ2) is 7.36. The Morgan fingerprint density at radius 2 is 1.85 bits per heavy atom.